The molecule has 0 aliphatic heterocycles. The van der Waals surface area contributed by atoms with Crippen molar-refractivity contribution in [2.24, 2.45) is 0 Å². The molecule has 0 aliphatic rings. The van der Waals surface area contributed by atoms with E-state index in [0.717, 1.165) is 6.08 Å². The van der Waals surface area contributed by atoms with Gasteiger partial charge >= 0.3 is 41.5 Å². The van der Waals surface area contributed by atoms with Gasteiger partial charge in [-0.3, -0.25) is 0 Å². The number of carboxylic acid groups (broad SMARTS) is 2. The van der Waals surface area contributed by atoms with Crippen molar-refractivity contribution in [1.29, 1.82) is 0 Å². The van der Waals surface area contributed by atoms with Gasteiger partial charge in [-0.25, -0.2) is 18.0 Å². The first-order valence-corrected chi connectivity index (χ1v) is 4.95. The molecule has 0 unspecified atom stereocenters. The quantitative estimate of drug-likeness (QED) is 0.231. The maximum atomic E-state index is 9.60. The van der Waals surface area contributed by atoms with Gasteiger partial charge in [0, 0.05) is 12.2 Å². The molecular weight excluding hydrogens is 251 g/mol. The number of carboxylic acids is 2. The van der Waals surface area contributed by atoms with Crippen molar-refractivity contribution in [2.75, 3.05) is 5.75 Å². The molecule has 0 spiro atoms. The summed E-state index contributed by atoms with van der Waals surface area (Å²) in [6.07, 6.45) is 2.17. The van der Waals surface area contributed by atoms with Crippen molar-refractivity contribution >= 4 is 22.1 Å². The topological polar surface area (TPSA) is 132 Å². The molecule has 0 aromatic heterocycles. The first kappa shape index (κ1) is 20.7. The van der Waals surface area contributed by atoms with Gasteiger partial charge in [0.1, 0.15) is 0 Å². The summed E-state index contributed by atoms with van der Waals surface area (Å²) in [4.78, 5) is 19.1. The van der Waals surface area contributed by atoms with Crippen molar-refractivity contribution in [3.63, 3.8) is 0 Å². The van der Waals surface area contributed by atoms with E-state index in [-0.39, 0.29) is 29.6 Å². The van der Waals surface area contributed by atoms with Gasteiger partial charge in [-0.05, 0) is 0 Å². The summed E-state index contributed by atoms with van der Waals surface area (Å²) < 4.78 is 28.8. The minimum atomic E-state index is -4.04. The predicted molar refractivity (Wildman–Crippen MR) is 49.2 cm³/mol. The fourth-order valence-electron chi connectivity index (χ4n) is 0.287. The van der Waals surface area contributed by atoms with E-state index in [0.29, 0.717) is 12.2 Å². The molecule has 0 radical (unpaired) electrons. The fourth-order valence-corrected chi connectivity index (χ4v) is 0.576. The zero-order valence-electron chi connectivity index (χ0n) is 8.49. The smallest absolute Gasteiger partial charge is 0.748 e. The van der Waals surface area contributed by atoms with Crippen LogP contribution in [0.4, 0.5) is 0 Å². The molecule has 0 aromatic carbocycles. The van der Waals surface area contributed by atoms with Crippen LogP contribution in [0.2, 0.25) is 0 Å². The van der Waals surface area contributed by atoms with Crippen molar-refractivity contribution in [2.45, 2.75) is 0 Å². The molecule has 0 atom stereocenters. The van der Waals surface area contributed by atoms with Crippen molar-refractivity contribution in [3.8, 4) is 0 Å². The Hall–Kier alpha value is -0.670. The summed E-state index contributed by atoms with van der Waals surface area (Å²) in [5.41, 5.74) is 0. The molecule has 16 heavy (non-hydrogen) atoms. The SMILES string of the molecule is C=CCS(=O)(=O)[O-].O=C(O)/C=C/C(=O)O.[Na+]. The first-order valence-electron chi connectivity index (χ1n) is 3.37. The summed E-state index contributed by atoms with van der Waals surface area (Å²) in [6.45, 7) is 3.07. The van der Waals surface area contributed by atoms with E-state index < -0.39 is 27.8 Å². The second-order valence-corrected chi connectivity index (χ2v) is 3.47. The van der Waals surface area contributed by atoms with E-state index in [1.807, 2.05) is 0 Å². The van der Waals surface area contributed by atoms with Crippen molar-refractivity contribution in [1.82, 2.24) is 0 Å². The van der Waals surface area contributed by atoms with Crippen LogP contribution in [0.1, 0.15) is 0 Å². The molecule has 0 rings (SSSR count). The fraction of sp³-hybridized carbons (Fsp3) is 0.143. The Kier molecular flexibility index (Phi) is 14.0. The maximum Gasteiger partial charge on any atom is 1.00 e. The number of carbonyl (C=O) groups is 2. The van der Waals surface area contributed by atoms with Crippen LogP contribution in [0.25, 0.3) is 0 Å². The van der Waals surface area contributed by atoms with Gasteiger partial charge in [-0.2, -0.15) is 0 Å². The van der Waals surface area contributed by atoms with Crippen molar-refractivity contribution in [3.05, 3.63) is 24.8 Å². The van der Waals surface area contributed by atoms with Gasteiger partial charge < -0.3 is 14.8 Å². The van der Waals surface area contributed by atoms with E-state index in [2.05, 4.69) is 6.58 Å². The third kappa shape index (κ3) is 29.2. The number of hydrogen-bond acceptors (Lipinski definition) is 5. The Labute approximate surface area is 115 Å². The average molecular weight is 260 g/mol. The van der Waals surface area contributed by atoms with Crippen LogP contribution < -0.4 is 29.6 Å². The monoisotopic (exact) mass is 260 g/mol. The second kappa shape index (κ2) is 10.8. The Bertz CT molecular complexity index is 341. The number of rotatable bonds is 4. The molecule has 0 aromatic rings. The van der Waals surface area contributed by atoms with Gasteiger partial charge in [0.05, 0.1) is 15.9 Å². The van der Waals surface area contributed by atoms with Crippen molar-refractivity contribution < 1.29 is 62.3 Å². The molecule has 0 bridgehead atoms. The number of hydrogen-bond donors (Lipinski definition) is 2. The van der Waals surface area contributed by atoms with Gasteiger partial charge in [-0.15, -0.1) is 6.58 Å². The molecular formula is C7H9NaO7S. The molecule has 86 valence electrons. The maximum absolute atomic E-state index is 9.60. The van der Waals surface area contributed by atoms with Gasteiger partial charge in [0.25, 0.3) is 0 Å². The third-order valence-corrected chi connectivity index (χ3v) is 1.33. The van der Waals surface area contributed by atoms with Crippen LogP contribution in [0.3, 0.4) is 0 Å². The zero-order valence-corrected chi connectivity index (χ0v) is 11.3. The Morgan fingerprint density at radius 1 is 1.19 bits per heavy atom. The molecule has 0 fully saturated rings. The Morgan fingerprint density at radius 3 is 1.56 bits per heavy atom. The molecule has 0 saturated carbocycles. The average Bonchev–Trinajstić information content (AvgIpc) is 1.99. The van der Waals surface area contributed by atoms with Gasteiger partial charge in [0.2, 0.25) is 0 Å². The Balaban J connectivity index is -0.000000200. The molecule has 9 heteroatoms. The summed E-state index contributed by atoms with van der Waals surface area (Å²) in [5.74, 6) is -2.99. The minimum absolute atomic E-state index is 0. The normalized spacial score (nSPS) is 9.56. The Morgan fingerprint density at radius 2 is 1.50 bits per heavy atom. The van der Waals surface area contributed by atoms with Gasteiger partial charge in [0.15, 0.2) is 0 Å². The van der Waals surface area contributed by atoms with Gasteiger partial charge in [-0.1, -0.05) is 6.08 Å². The van der Waals surface area contributed by atoms with Crippen LogP contribution >= 0.6 is 0 Å². The summed E-state index contributed by atoms with van der Waals surface area (Å²) in [6, 6.07) is 0. The van der Waals surface area contributed by atoms with E-state index in [1.54, 1.807) is 0 Å². The molecule has 7 nitrogen and oxygen atoms in total. The molecule has 0 aliphatic carbocycles. The number of aliphatic carboxylic acids is 2. The first-order chi connectivity index (χ1) is 6.69. The van der Waals surface area contributed by atoms with E-state index in [4.69, 9.17) is 10.2 Å². The summed E-state index contributed by atoms with van der Waals surface area (Å²) in [7, 11) is -4.04. The third-order valence-electron chi connectivity index (χ3n) is 0.690. The second-order valence-electron chi connectivity index (χ2n) is 2.02. The van der Waals surface area contributed by atoms with Crippen LogP contribution in [0, 0.1) is 0 Å². The van der Waals surface area contributed by atoms with Crippen LogP contribution in [0.15, 0.2) is 24.8 Å². The van der Waals surface area contributed by atoms with E-state index in [1.165, 1.54) is 0 Å². The molecule has 2 N–H and O–H groups in total. The van der Waals surface area contributed by atoms with Crippen LogP contribution in [-0.2, 0) is 19.7 Å². The largest absolute Gasteiger partial charge is 1.00 e. The standard InChI is InChI=1S/C4H4O4.C3H6O3S.Na/c5-3(6)1-2-4(7)8;1-2-3-7(4,5)6;/h1-2H,(H,5,6)(H,7,8);2H,1,3H2,(H,4,5,6);/q;;+1/p-1/b2-1+;;. The van der Waals surface area contributed by atoms with E-state index in [9.17, 15) is 22.6 Å². The molecule has 0 heterocycles. The zero-order chi connectivity index (χ0) is 12.5. The van der Waals surface area contributed by atoms with E-state index >= 15 is 0 Å². The molecule has 0 amide bonds. The molecule has 0 saturated heterocycles. The summed E-state index contributed by atoms with van der Waals surface area (Å²) >= 11 is 0. The predicted octanol–water partition coefficient (Wildman–Crippen LogP) is -3.57. The van der Waals surface area contributed by atoms with Crippen LogP contribution in [-0.4, -0.2) is 40.9 Å². The van der Waals surface area contributed by atoms with Crippen LogP contribution in [0.5, 0.6) is 0 Å². The minimum Gasteiger partial charge on any atom is -0.748 e. The summed E-state index contributed by atoms with van der Waals surface area (Å²) in [5, 5.41) is 15.6.